The number of hydrogen-bond acceptors (Lipinski definition) is 7. The summed E-state index contributed by atoms with van der Waals surface area (Å²) in [6.07, 6.45) is 2.14. The highest BCUT2D eigenvalue weighted by molar-refractivity contribution is 7.99. The zero-order valence-electron chi connectivity index (χ0n) is 16.1. The van der Waals surface area contributed by atoms with Crippen molar-refractivity contribution in [2.75, 3.05) is 42.6 Å². The lowest BCUT2D eigenvalue weighted by Gasteiger charge is -2.38. The van der Waals surface area contributed by atoms with Gasteiger partial charge in [0.25, 0.3) is 5.69 Å². The van der Waals surface area contributed by atoms with Gasteiger partial charge in [0.15, 0.2) is 5.82 Å². The van der Waals surface area contributed by atoms with E-state index < -0.39 is 0 Å². The molecule has 0 unspecified atom stereocenters. The molecule has 0 bridgehead atoms. The van der Waals surface area contributed by atoms with Gasteiger partial charge in [0.05, 0.1) is 4.92 Å². The van der Waals surface area contributed by atoms with Crippen molar-refractivity contribution in [3.05, 3.63) is 46.1 Å². The van der Waals surface area contributed by atoms with Gasteiger partial charge in [0.2, 0.25) is 0 Å². The standard InChI is InChI=1S/C20H25N5O2S/c1-2-16-13-19(24-10-8-23(9-11-24)18-7-12-28-14-18)22-20(21-16)15-3-5-17(6-4-15)25(26)27/h3-6,13,18H,2,7-12,14H2,1H3/t18-/m0/s1. The molecule has 2 saturated heterocycles. The number of thioether (sulfide) groups is 1. The molecule has 2 aliphatic heterocycles. The Balaban J connectivity index is 1.53. The van der Waals surface area contributed by atoms with Gasteiger partial charge >= 0.3 is 0 Å². The first kappa shape index (κ1) is 19.1. The molecule has 1 atom stereocenters. The molecule has 2 fully saturated rings. The number of piperazine rings is 1. The molecule has 148 valence electrons. The Bertz CT molecular complexity index is 831. The molecule has 2 aromatic rings. The second-order valence-corrected chi connectivity index (χ2v) is 8.39. The zero-order valence-corrected chi connectivity index (χ0v) is 16.9. The van der Waals surface area contributed by atoms with Crippen molar-refractivity contribution < 1.29 is 4.92 Å². The third kappa shape index (κ3) is 4.12. The van der Waals surface area contributed by atoms with E-state index in [2.05, 4.69) is 39.5 Å². The Labute approximate surface area is 169 Å². The van der Waals surface area contributed by atoms with Gasteiger partial charge in [-0.05, 0) is 30.7 Å². The molecule has 4 rings (SSSR count). The summed E-state index contributed by atoms with van der Waals surface area (Å²) in [5.74, 6) is 4.15. The predicted molar refractivity (Wildman–Crippen MR) is 113 cm³/mol. The Morgan fingerprint density at radius 3 is 2.54 bits per heavy atom. The number of aryl methyl sites for hydroxylation is 1. The average molecular weight is 400 g/mol. The fourth-order valence-corrected chi connectivity index (χ4v) is 5.07. The molecule has 0 radical (unpaired) electrons. The van der Waals surface area contributed by atoms with Crippen LogP contribution in [0.5, 0.6) is 0 Å². The maximum absolute atomic E-state index is 10.9. The number of rotatable bonds is 5. The summed E-state index contributed by atoms with van der Waals surface area (Å²) in [7, 11) is 0. The number of nitrogens with zero attached hydrogens (tertiary/aromatic N) is 5. The first-order chi connectivity index (χ1) is 13.6. The maximum atomic E-state index is 10.9. The minimum absolute atomic E-state index is 0.0804. The summed E-state index contributed by atoms with van der Waals surface area (Å²) in [4.78, 5) is 24.9. The number of nitro benzene ring substituents is 1. The fraction of sp³-hybridized carbons (Fsp3) is 0.500. The minimum atomic E-state index is -0.388. The second-order valence-electron chi connectivity index (χ2n) is 7.24. The van der Waals surface area contributed by atoms with E-state index in [-0.39, 0.29) is 10.6 Å². The first-order valence-electron chi connectivity index (χ1n) is 9.83. The van der Waals surface area contributed by atoms with E-state index in [4.69, 9.17) is 4.98 Å². The lowest BCUT2D eigenvalue weighted by Crippen LogP contribution is -2.50. The molecular weight excluding hydrogens is 374 g/mol. The van der Waals surface area contributed by atoms with Gasteiger partial charge in [0, 0.05) is 67.4 Å². The van der Waals surface area contributed by atoms with Crippen LogP contribution in [0.3, 0.4) is 0 Å². The van der Waals surface area contributed by atoms with Crippen LogP contribution in [0.25, 0.3) is 11.4 Å². The molecule has 7 nitrogen and oxygen atoms in total. The molecule has 8 heteroatoms. The SMILES string of the molecule is CCc1cc(N2CCN([C@H]3CCSC3)CC2)nc(-c2ccc([N+](=O)[O-])cc2)n1. The Kier molecular flexibility index (Phi) is 5.77. The van der Waals surface area contributed by atoms with Gasteiger partial charge in [-0.25, -0.2) is 9.97 Å². The summed E-state index contributed by atoms with van der Waals surface area (Å²) in [6, 6.07) is 9.29. The summed E-state index contributed by atoms with van der Waals surface area (Å²) in [6.45, 7) is 6.18. The summed E-state index contributed by atoms with van der Waals surface area (Å²) < 4.78 is 0. The van der Waals surface area contributed by atoms with Crippen molar-refractivity contribution >= 4 is 23.3 Å². The van der Waals surface area contributed by atoms with Gasteiger partial charge in [0.1, 0.15) is 5.82 Å². The van der Waals surface area contributed by atoms with Crippen LogP contribution in [-0.4, -0.2) is 63.5 Å². The number of non-ortho nitro benzene ring substituents is 1. The molecule has 0 spiro atoms. The van der Waals surface area contributed by atoms with E-state index >= 15 is 0 Å². The van der Waals surface area contributed by atoms with Gasteiger partial charge in [-0.3, -0.25) is 15.0 Å². The minimum Gasteiger partial charge on any atom is -0.354 e. The van der Waals surface area contributed by atoms with E-state index in [1.165, 1.54) is 30.1 Å². The molecule has 0 saturated carbocycles. The van der Waals surface area contributed by atoms with Crippen LogP contribution in [0.4, 0.5) is 11.5 Å². The Morgan fingerprint density at radius 1 is 1.18 bits per heavy atom. The summed E-state index contributed by atoms with van der Waals surface area (Å²) >= 11 is 2.06. The quantitative estimate of drug-likeness (QED) is 0.564. The predicted octanol–water partition coefficient (Wildman–Crippen LogP) is 3.24. The first-order valence-corrected chi connectivity index (χ1v) is 11.0. The van der Waals surface area contributed by atoms with E-state index in [0.717, 1.165) is 55.7 Å². The van der Waals surface area contributed by atoms with Crippen molar-refractivity contribution in [1.29, 1.82) is 0 Å². The molecule has 0 aliphatic carbocycles. The monoisotopic (exact) mass is 399 g/mol. The smallest absolute Gasteiger partial charge is 0.269 e. The van der Waals surface area contributed by atoms with Gasteiger partial charge < -0.3 is 4.90 Å². The van der Waals surface area contributed by atoms with Crippen LogP contribution < -0.4 is 4.90 Å². The number of benzene rings is 1. The molecule has 2 aliphatic rings. The normalized spacial score (nSPS) is 20.5. The molecule has 1 aromatic heterocycles. The maximum Gasteiger partial charge on any atom is 0.269 e. The van der Waals surface area contributed by atoms with E-state index in [1.54, 1.807) is 12.1 Å². The highest BCUT2D eigenvalue weighted by Gasteiger charge is 2.27. The highest BCUT2D eigenvalue weighted by Crippen LogP contribution is 2.26. The van der Waals surface area contributed by atoms with Crippen molar-refractivity contribution in [3.63, 3.8) is 0 Å². The van der Waals surface area contributed by atoms with Crippen LogP contribution >= 0.6 is 11.8 Å². The number of anilines is 1. The molecule has 0 N–H and O–H groups in total. The van der Waals surface area contributed by atoms with Crippen LogP contribution in [-0.2, 0) is 6.42 Å². The lowest BCUT2D eigenvalue weighted by molar-refractivity contribution is -0.384. The largest absolute Gasteiger partial charge is 0.354 e. The Morgan fingerprint density at radius 2 is 1.93 bits per heavy atom. The number of nitro groups is 1. The average Bonchev–Trinajstić information content (AvgIpc) is 3.28. The number of aromatic nitrogens is 2. The van der Waals surface area contributed by atoms with Gasteiger partial charge in [-0.15, -0.1) is 0 Å². The van der Waals surface area contributed by atoms with Crippen molar-refractivity contribution in [1.82, 2.24) is 14.9 Å². The van der Waals surface area contributed by atoms with Crippen molar-refractivity contribution in [2.45, 2.75) is 25.8 Å². The van der Waals surface area contributed by atoms with Gasteiger partial charge in [-0.2, -0.15) is 11.8 Å². The van der Waals surface area contributed by atoms with Crippen molar-refractivity contribution in [3.8, 4) is 11.4 Å². The topological polar surface area (TPSA) is 75.4 Å². The summed E-state index contributed by atoms with van der Waals surface area (Å²) in [5, 5.41) is 10.9. The zero-order chi connectivity index (χ0) is 19.5. The van der Waals surface area contributed by atoms with Crippen LogP contribution in [0.15, 0.2) is 30.3 Å². The van der Waals surface area contributed by atoms with Crippen LogP contribution in [0, 0.1) is 10.1 Å². The van der Waals surface area contributed by atoms with Crippen molar-refractivity contribution in [2.24, 2.45) is 0 Å². The molecule has 0 amide bonds. The van der Waals surface area contributed by atoms with E-state index in [1.807, 2.05) is 0 Å². The third-order valence-electron chi connectivity index (χ3n) is 5.52. The number of hydrogen-bond donors (Lipinski definition) is 0. The van der Waals surface area contributed by atoms with Crippen LogP contribution in [0.2, 0.25) is 0 Å². The second kappa shape index (κ2) is 8.45. The fourth-order valence-electron chi connectivity index (χ4n) is 3.81. The summed E-state index contributed by atoms with van der Waals surface area (Å²) in [5.41, 5.74) is 1.88. The molecule has 28 heavy (non-hydrogen) atoms. The molecule has 3 heterocycles. The molecular formula is C20H25N5O2S. The highest BCUT2D eigenvalue weighted by atomic mass is 32.2. The molecule has 1 aromatic carbocycles. The lowest BCUT2D eigenvalue weighted by atomic mass is 10.1. The van der Waals surface area contributed by atoms with Crippen LogP contribution in [0.1, 0.15) is 19.0 Å². The van der Waals surface area contributed by atoms with E-state index in [9.17, 15) is 10.1 Å². The Hall–Kier alpha value is -2.19. The third-order valence-corrected chi connectivity index (χ3v) is 6.67. The van der Waals surface area contributed by atoms with Gasteiger partial charge in [-0.1, -0.05) is 6.92 Å². The van der Waals surface area contributed by atoms with E-state index in [0.29, 0.717) is 5.82 Å².